The minimum absolute atomic E-state index is 0.0820. The summed E-state index contributed by atoms with van der Waals surface area (Å²) in [5, 5.41) is 0.706. The van der Waals surface area contributed by atoms with E-state index in [1.165, 1.54) is 12.1 Å². The van der Waals surface area contributed by atoms with Gasteiger partial charge in [0.2, 0.25) is 0 Å². The molecule has 0 radical (unpaired) electrons. The number of halogens is 3. The fourth-order valence-electron chi connectivity index (χ4n) is 1.51. The van der Waals surface area contributed by atoms with Crippen molar-refractivity contribution in [3.63, 3.8) is 0 Å². The molecule has 6 heteroatoms. The van der Waals surface area contributed by atoms with Crippen LogP contribution in [0.3, 0.4) is 0 Å². The average molecular weight is 332 g/mol. The fourth-order valence-corrected chi connectivity index (χ4v) is 2.40. The molecule has 0 amide bonds. The molecule has 0 aliphatic heterocycles. The molecule has 0 N–H and O–H groups in total. The summed E-state index contributed by atoms with van der Waals surface area (Å²) in [4.78, 5) is 12.0. The summed E-state index contributed by atoms with van der Waals surface area (Å²) >= 11 is 17.7. The minimum atomic E-state index is -0.571. The van der Waals surface area contributed by atoms with Crippen LogP contribution in [0.2, 0.25) is 15.1 Å². The Morgan fingerprint density at radius 2 is 1.55 bits per heavy atom. The van der Waals surface area contributed by atoms with Gasteiger partial charge in [0.1, 0.15) is 5.75 Å². The lowest BCUT2D eigenvalue weighted by molar-refractivity contribution is 0.0735. The van der Waals surface area contributed by atoms with E-state index in [1.807, 2.05) is 0 Å². The summed E-state index contributed by atoms with van der Waals surface area (Å²) in [6.07, 6.45) is 0. The van der Waals surface area contributed by atoms with E-state index in [-0.39, 0.29) is 15.8 Å². The van der Waals surface area contributed by atoms with Gasteiger partial charge in [0.05, 0.1) is 22.7 Å². The standard InChI is InChI=1S/C14H9Cl3O3/c1-19-10-4-2-8(3-5-10)14(18)20-13-11(16)6-9(15)7-12(13)17/h2-7H,1H3. The summed E-state index contributed by atoms with van der Waals surface area (Å²) in [6, 6.07) is 9.37. The molecule has 0 saturated heterocycles. The van der Waals surface area contributed by atoms with Gasteiger partial charge in [0.15, 0.2) is 5.75 Å². The molecule has 2 aromatic carbocycles. The number of hydrogen-bond acceptors (Lipinski definition) is 3. The molecule has 0 aliphatic carbocycles. The quantitative estimate of drug-likeness (QED) is 0.594. The number of methoxy groups -OCH3 is 1. The Morgan fingerprint density at radius 1 is 1.00 bits per heavy atom. The minimum Gasteiger partial charge on any atom is -0.497 e. The summed E-state index contributed by atoms with van der Waals surface area (Å²) in [6.45, 7) is 0. The van der Waals surface area contributed by atoms with Crippen LogP contribution in [0.25, 0.3) is 0 Å². The van der Waals surface area contributed by atoms with E-state index in [1.54, 1.807) is 31.4 Å². The normalized spacial score (nSPS) is 10.2. The maximum atomic E-state index is 12.0. The first-order chi connectivity index (χ1) is 9.51. The average Bonchev–Trinajstić information content (AvgIpc) is 2.42. The van der Waals surface area contributed by atoms with E-state index in [9.17, 15) is 4.79 Å². The smallest absolute Gasteiger partial charge is 0.343 e. The first-order valence-corrected chi connectivity index (χ1v) is 6.65. The zero-order valence-electron chi connectivity index (χ0n) is 10.3. The van der Waals surface area contributed by atoms with Crippen LogP contribution in [0.5, 0.6) is 11.5 Å². The Bertz CT molecular complexity index is 616. The third-order valence-electron chi connectivity index (χ3n) is 2.48. The van der Waals surface area contributed by atoms with E-state index >= 15 is 0 Å². The van der Waals surface area contributed by atoms with Crippen LogP contribution in [-0.2, 0) is 0 Å². The molecule has 3 nitrogen and oxygen atoms in total. The predicted molar refractivity (Wildman–Crippen MR) is 79.4 cm³/mol. The second-order valence-electron chi connectivity index (χ2n) is 3.82. The van der Waals surface area contributed by atoms with Crippen molar-refractivity contribution in [3.8, 4) is 11.5 Å². The van der Waals surface area contributed by atoms with Crippen LogP contribution in [0.15, 0.2) is 36.4 Å². The van der Waals surface area contributed by atoms with Crippen molar-refractivity contribution in [2.45, 2.75) is 0 Å². The molecule has 20 heavy (non-hydrogen) atoms. The number of carbonyl (C=O) groups excluding carboxylic acids is 1. The van der Waals surface area contributed by atoms with Crippen molar-refractivity contribution < 1.29 is 14.3 Å². The van der Waals surface area contributed by atoms with Gasteiger partial charge in [-0.25, -0.2) is 4.79 Å². The summed E-state index contributed by atoms with van der Waals surface area (Å²) in [5.74, 6) is 0.154. The lowest BCUT2D eigenvalue weighted by Crippen LogP contribution is -2.09. The van der Waals surface area contributed by atoms with Gasteiger partial charge in [-0.2, -0.15) is 0 Å². The molecule has 0 bridgehead atoms. The fraction of sp³-hybridized carbons (Fsp3) is 0.0714. The monoisotopic (exact) mass is 330 g/mol. The van der Waals surface area contributed by atoms with Crippen LogP contribution in [0.1, 0.15) is 10.4 Å². The van der Waals surface area contributed by atoms with Gasteiger partial charge in [-0.05, 0) is 36.4 Å². The largest absolute Gasteiger partial charge is 0.497 e. The number of ether oxygens (including phenoxy) is 2. The van der Waals surface area contributed by atoms with Crippen molar-refractivity contribution in [2.75, 3.05) is 7.11 Å². The highest BCUT2D eigenvalue weighted by Crippen LogP contribution is 2.36. The molecule has 0 atom stereocenters. The Hall–Kier alpha value is -1.42. The SMILES string of the molecule is COc1ccc(C(=O)Oc2c(Cl)cc(Cl)cc2Cl)cc1. The Labute approximate surface area is 131 Å². The molecule has 104 valence electrons. The third kappa shape index (κ3) is 3.37. The van der Waals surface area contributed by atoms with Crippen LogP contribution < -0.4 is 9.47 Å². The first kappa shape index (κ1) is 15.0. The number of benzene rings is 2. The van der Waals surface area contributed by atoms with Gasteiger partial charge in [-0.15, -0.1) is 0 Å². The summed E-state index contributed by atoms with van der Waals surface area (Å²) in [7, 11) is 1.54. The number of carbonyl (C=O) groups is 1. The van der Waals surface area contributed by atoms with E-state index in [4.69, 9.17) is 44.3 Å². The van der Waals surface area contributed by atoms with E-state index in [0.29, 0.717) is 16.3 Å². The maximum absolute atomic E-state index is 12.0. The Morgan fingerprint density at radius 3 is 2.05 bits per heavy atom. The van der Waals surface area contributed by atoms with Gasteiger partial charge in [0, 0.05) is 5.02 Å². The third-order valence-corrected chi connectivity index (χ3v) is 3.26. The lowest BCUT2D eigenvalue weighted by atomic mass is 10.2. The Balaban J connectivity index is 2.23. The predicted octanol–water partition coefficient (Wildman–Crippen LogP) is 4.87. The molecule has 0 spiro atoms. The first-order valence-electron chi connectivity index (χ1n) is 5.52. The van der Waals surface area contributed by atoms with Gasteiger partial charge in [-0.1, -0.05) is 34.8 Å². The Kier molecular flexibility index (Phi) is 4.76. The van der Waals surface area contributed by atoms with Crippen molar-refractivity contribution >= 4 is 40.8 Å². The molecular weight excluding hydrogens is 323 g/mol. The summed E-state index contributed by atoms with van der Waals surface area (Å²) < 4.78 is 10.2. The molecule has 2 rings (SSSR count). The number of hydrogen-bond donors (Lipinski definition) is 0. The van der Waals surface area contributed by atoms with E-state index < -0.39 is 5.97 Å². The highest BCUT2D eigenvalue weighted by Gasteiger charge is 2.15. The maximum Gasteiger partial charge on any atom is 0.343 e. The molecule has 0 saturated carbocycles. The number of rotatable bonds is 3. The molecule has 2 aromatic rings. The van der Waals surface area contributed by atoms with Crippen LogP contribution >= 0.6 is 34.8 Å². The zero-order chi connectivity index (χ0) is 14.7. The topological polar surface area (TPSA) is 35.5 Å². The van der Waals surface area contributed by atoms with Crippen molar-refractivity contribution in [2.24, 2.45) is 0 Å². The second-order valence-corrected chi connectivity index (χ2v) is 5.07. The lowest BCUT2D eigenvalue weighted by Gasteiger charge is -2.09. The highest BCUT2D eigenvalue weighted by atomic mass is 35.5. The second kappa shape index (κ2) is 6.35. The zero-order valence-corrected chi connectivity index (χ0v) is 12.6. The van der Waals surface area contributed by atoms with Crippen LogP contribution in [0.4, 0.5) is 0 Å². The van der Waals surface area contributed by atoms with Gasteiger partial charge < -0.3 is 9.47 Å². The van der Waals surface area contributed by atoms with Crippen molar-refractivity contribution in [3.05, 3.63) is 57.0 Å². The summed E-state index contributed by atoms with van der Waals surface area (Å²) in [5.41, 5.74) is 0.355. The van der Waals surface area contributed by atoms with Crippen LogP contribution in [-0.4, -0.2) is 13.1 Å². The number of esters is 1. The van der Waals surface area contributed by atoms with E-state index in [0.717, 1.165) is 0 Å². The molecule has 0 fully saturated rings. The highest BCUT2D eigenvalue weighted by molar-refractivity contribution is 6.40. The van der Waals surface area contributed by atoms with Gasteiger partial charge >= 0.3 is 5.97 Å². The van der Waals surface area contributed by atoms with E-state index in [2.05, 4.69) is 0 Å². The van der Waals surface area contributed by atoms with Crippen molar-refractivity contribution in [1.29, 1.82) is 0 Å². The molecule has 0 unspecified atom stereocenters. The van der Waals surface area contributed by atoms with Gasteiger partial charge in [0.25, 0.3) is 0 Å². The van der Waals surface area contributed by atoms with Crippen LogP contribution in [0, 0.1) is 0 Å². The van der Waals surface area contributed by atoms with Crippen molar-refractivity contribution in [1.82, 2.24) is 0 Å². The molecule has 0 aromatic heterocycles. The van der Waals surface area contributed by atoms with Gasteiger partial charge in [-0.3, -0.25) is 0 Å². The molecular formula is C14H9Cl3O3. The molecule has 0 heterocycles. The molecule has 0 aliphatic rings.